The number of alkyl halides is 1. The standard InChI is InChI=1S/C14H18BrFN2O2/c15-13-2-1-11(9-12(13)10-16)14(19)17-3-4-18-5-7-20-8-6-18/h1-2,9H,3-8,10H2,(H,17,19). The third kappa shape index (κ3) is 4.26. The Balaban J connectivity index is 1.82. The first-order valence-electron chi connectivity index (χ1n) is 6.63. The molecule has 1 aromatic carbocycles. The van der Waals surface area contributed by atoms with Crippen LogP contribution in [0.5, 0.6) is 0 Å². The van der Waals surface area contributed by atoms with E-state index >= 15 is 0 Å². The van der Waals surface area contributed by atoms with Crippen LogP contribution in [0.15, 0.2) is 22.7 Å². The SMILES string of the molecule is O=C(NCCN1CCOCC1)c1ccc(Br)c(CF)c1. The van der Waals surface area contributed by atoms with E-state index in [1.807, 2.05) is 0 Å². The predicted molar refractivity (Wildman–Crippen MR) is 78.5 cm³/mol. The summed E-state index contributed by atoms with van der Waals surface area (Å²) < 4.78 is 18.7. The Kier molecular flexibility index (Phi) is 5.94. The topological polar surface area (TPSA) is 41.6 Å². The molecular weight excluding hydrogens is 327 g/mol. The van der Waals surface area contributed by atoms with E-state index < -0.39 is 6.67 Å². The molecule has 6 heteroatoms. The number of hydrogen-bond acceptors (Lipinski definition) is 3. The van der Waals surface area contributed by atoms with E-state index in [9.17, 15) is 9.18 Å². The number of nitrogens with zero attached hydrogens (tertiary/aromatic N) is 1. The van der Waals surface area contributed by atoms with E-state index in [1.54, 1.807) is 18.2 Å². The van der Waals surface area contributed by atoms with Gasteiger partial charge in [0, 0.05) is 36.2 Å². The molecule has 1 aliphatic heterocycles. The van der Waals surface area contributed by atoms with E-state index in [-0.39, 0.29) is 5.91 Å². The highest BCUT2D eigenvalue weighted by Crippen LogP contribution is 2.19. The monoisotopic (exact) mass is 344 g/mol. The number of rotatable bonds is 5. The first kappa shape index (κ1) is 15.4. The zero-order valence-electron chi connectivity index (χ0n) is 11.2. The molecule has 0 aromatic heterocycles. The molecular formula is C14H18BrFN2O2. The summed E-state index contributed by atoms with van der Waals surface area (Å²) in [5.41, 5.74) is 0.980. The third-order valence-electron chi connectivity index (χ3n) is 3.27. The predicted octanol–water partition coefficient (Wildman–Crippen LogP) is 1.98. The Morgan fingerprint density at radius 1 is 1.40 bits per heavy atom. The normalized spacial score (nSPS) is 16.1. The third-order valence-corrected chi connectivity index (χ3v) is 4.04. The lowest BCUT2D eigenvalue weighted by Gasteiger charge is -2.26. The molecule has 0 aliphatic carbocycles. The second-order valence-corrected chi connectivity index (χ2v) is 5.50. The molecule has 0 bridgehead atoms. The number of ether oxygens (including phenoxy) is 1. The number of hydrogen-bond donors (Lipinski definition) is 1. The molecule has 110 valence electrons. The van der Waals surface area contributed by atoms with Crippen LogP contribution < -0.4 is 5.32 Å². The molecule has 0 radical (unpaired) electrons. The number of benzene rings is 1. The van der Waals surface area contributed by atoms with Crippen LogP contribution in [0.25, 0.3) is 0 Å². The number of carbonyl (C=O) groups excluding carboxylic acids is 1. The van der Waals surface area contributed by atoms with Crippen molar-refractivity contribution in [2.45, 2.75) is 6.67 Å². The molecule has 0 saturated carbocycles. The Labute approximate surface area is 126 Å². The average Bonchev–Trinajstić information content (AvgIpc) is 2.48. The van der Waals surface area contributed by atoms with Gasteiger partial charge in [-0.2, -0.15) is 0 Å². The van der Waals surface area contributed by atoms with Crippen molar-refractivity contribution in [3.8, 4) is 0 Å². The molecule has 0 atom stereocenters. The van der Waals surface area contributed by atoms with Gasteiger partial charge in [-0.25, -0.2) is 4.39 Å². The summed E-state index contributed by atoms with van der Waals surface area (Å²) in [5.74, 6) is -0.166. The van der Waals surface area contributed by atoms with Crippen LogP contribution in [0.2, 0.25) is 0 Å². The van der Waals surface area contributed by atoms with Gasteiger partial charge in [0.15, 0.2) is 0 Å². The van der Waals surface area contributed by atoms with Crippen molar-refractivity contribution in [1.29, 1.82) is 0 Å². The lowest BCUT2D eigenvalue weighted by molar-refractivity contribution is 0.0383. The quantitative estimate of drug-likeness (QED) is 0.887. The zero-order valence-corrected chi connectivity index (χ0v) is 12.8. The maximum atomic E-state index is 12.7. The lowest BCUT2D eigenvalue weighted by Crippen LogP contribution is -2.41. The van der Waals surface area contributed by atoms with E-state index in [1.165, 1.54) is 0 Å². The first-order valence-corrected chi connectivity index (χ1v) is 7.42. The number of carbonyl (C=O) groups is 1. The van der Waals surface area contributed by atoms with Crippen LogP contribution in [0, 0.1) is 0 Å². The zero-order chi connectivity index (χ0) is 14.4. The van der Waals surface area contributed by atoms with Gasteiger partial charge in [-0.1, -0.05) is 15.9 Å². The molecule has 1 heterocycles. The fourth-order valence-corrected chi connectivity index (χ4v) is 2.43. The molecule has 1 aromatic rings. The van der Waals surface area contributed by atoms with Gasteiger partial charge >= 0.3 is 0 Å². The number of amides is 1. The highest BCUT2D eigenvalue weighted by atomic mass is 79.9. The number of morpholine rings is 1. The van der Waals surface area contributed by atoms with Crippen LogP contribution in [-0.2, 0) is 11.4 Å². The molecule has 1 fully saturated rings. The van der Waals surface area contributed by atoms with Crippen LogP contribution in [-0.4, -0.2) is 50.2 Å². The molecule has 1 amide bonds. The Hall–Kier alpha value is -0.980. The second kappa shape index (κ2) is 7.71. The summed E-state index contributed by atoms with van der Waals surface area (Å²) in [7, 11) is 0. The van der Waals surface area contributed by atoms with Crippen LogP contribution >= 0.6 is 15.9 Å². The van der Waals surface area contributed by atoms with Crippen molar-refractivity contribution in [3.05, 3.63) is 33.8 Å². The summed E-state index contributed by atoms with van der Waals surface area (Å²) >= 11 is 3.25. The maximum absolute atomic E-state index is 12.7. The van der Waals surface area contributed by atoms with E-state index in [0.29, 0.717) is 22.1 Å². The Morgan fingerprint density at radius 2 is 2.15 bits per heavy atom. The van der Waals surface area contributed by atoms with Crippen LogP contribution in [0.1, 0.15) is 15.9 Å². The molecule has 0 spiro atoms. The smallest absolute Gasteiger partial charge is 0.251 e. The summed E-state index contributed by atoms with van der Waals surface area (Å²) in [6.45, 7) is 4.11. The van der Waals surface area contributed by atoms with Gasteiger partial charge in [-0.3, -0.25) is 9.69 Å². The first-order chi connectivity index (χ1) is 9.70. The molecule has 1 aliphatic rings. The van der Waals surface area contributed by atoms with E-state index in [2.05, 4.69) is 26.1 Å². The van der Waals surface area contributed by atoms with Crippen molar-refractivity contribution in [2.75, 3.05) is 39.4 Å². The van der Waals surface area contributed by atoms with Crippen LogP contribution in [0.4, 0.5) is 4.39 Å². The van der Waals surface area contributed by atoms with Gasteiger partial charge < -0.3 is 10.1 Å². The Bertz CT molecular complexity index is 464. The van der Waals surface area contributed by atoms with Gasteiger partial charge in [0.1, 0.15) is 6.67 Å². The largest absolute Gasteiger partial charge is 0.379 e. The second-order valence-electron chi connectivity index (χ2n) is 4.65. The van der Waals surface area contributed by atoms with Crippen molar-refractivity contribution in [2.24, 2.45) is 0 Å². The summed E-state index contributed by atoms with van der Waals surface area (Å²) in [6.07, 6.45) is 0. The van der Waals surface area contributed by atoms with Crippen molar-refractivity contribution in [1.82, 2.24) is 10.2 Å². The molecule has 1 saturated heterocycles. The van der Waals surface area contributed by atoms with Gasteiger partial charge in [-0.15, -0.1) is 0 Å². The number of nitrogens with one attached hydrogen (secondary N) is 1. The minimum Gasteiger partial charge on any atom is -0.379 e. The van der Waals surface area contributed by atoms with Crippen molar-refractivity contribution in [3.63, 3.8) is 0 Å². The molecule has 4 nitrogen and oxygen atoms in total. The van der Waals surface area contributed by atoms with Crippen LogP contribution in [0.3, 0.4) is 0 Å². The van der Waals surface area contributed by atoms with E-state index in [4.69, 9.17) is 4.74 Å². The summed E-state index contributed by atoms with van der Waals surface area (Å²) in [5, 5.41) is 2.86. The average molecular weight is 345 g/mol. The minimum absolute atomic E-state index is 0.166. The van der Waals surface area contributed by atoms with Crippen molar-refractivity contribution < 1.29 is 13.9 Å². The van der Waals surface area contributed by atoms with Gasteiger partial charge in [0.25, 0.3) is 5.91 Å². The summed E-state index contributed by atoms with van der Waals surface area (Å²) in [6, 6.07) is 4.97. The molecule has 2 rings (SSSR count). The molecule has 0 unspecified atom stereocenters. The van der Waals surface area contributed by atoms with Gasteiger partial charge in [0.2, 0.25) is 0 Å². The summed E-state index contributed by atoms with van der Waals surface area (Å²) in [4.78, 5) is 14.2. The van der Waals surface area contributed by atoms with Crippen molar-refractivity contribution >= 4 is 21.8 Å². The van der Waals surface area contributed by atoms with Gasteiger partial charge in [0.05, 0.1) is 13.2 Å². The fourth-order valence-electron chi connectivity index (χ4n) is 2.07. The van der Waals surface area contributed by atoms with Gasteiger partial charge in [-0.05, 0) is 23.8 Å². The molecule has 1 N–H and O–H groups in total. The lowest BCUT2D eigenvalue weighted by atomic mass is 10.1. The highest BCUT2D eigenvalue weighted by molar-refractivity contribution is 9.10. The van der Waals surface area contributed by atoms with E-state index in [0.717, 1.165) is 32.8 Å². The Morgan fingerprint density at radius 3 is 2.85 bits per heavy atom. The maximum Gasteiger partial charge on any atom is 0.251 e. The fraction of sp³-hybridized carbons (Fsp3) is 0.500. The minimum atomic E-state index is -0.588. The molecule has 20 heavy (non-hydrogen) atoms. The number of halogens is 2. The highest BCUT2D eigenvalue weighted by Gasteiger charge is 2.11.